The summed E-state index contributed by atoms with van der Waals surface area (Å²) in [5.74, 6) is -1.03. The summed E-state index contributed by atoms with van der Waals surface area (Å²) in [4.78, 5) is 14.6. The van der Waals surface area contributed by atoms with Gasteiger partial charge in [-0.2, -0.15) is 10.4 Å². The second-order valence-corrected chi connectivity index (χ2v) is 4.16. The number of nitrogens with zero attached hydrogens (tertiary/aromatic N) is 4. The zero-order valence-electron chi connectivity index (χ0n) is 8.94. The number of hydrogen-bond acceptors (Lipinski definition) is 6. The van der Waals surface area contributed by atoms with Gasteiger partial charge >= 0.3 is 5.97 Å². The van der Waals surface area contributed by atoms with Crippen molar-refractivity contribution in [1.82, 2.24) is 15.2 Å². The van der Waals surface area contributed by atoms with Gasteiger partial charge in [0.05, 0.1) is 17.3 Å². The van der Waals surface area contributed by atoms with Gasteiger partial charge in [0.1, 0.15) is 16.1 Å². The molecule has 2 rings (SSSR count). The maximum Gasteiger partial charge on any atom is 0.337 e. The molecular formula is C11H6N4O2S. The Morgan fingerprint density at radius 3 is 2.83 bits per heavy atom. The van der Waals surface area contributed by atoms with Crippen LogP contribution in [0.5, 0.6) is 0 Å². The highest BCUT2D eigenvalue weighted by atomic mass is 32.2. The van der Waals surface area contributed by atoms with Crippen LogP contribution in [-0.4, -0.2) is 26.3 Å². The van der Waals surface area contributed by atoms with Gasteiger partial charge in [-0.1, -0.05) is 0 Å². The monoisotopic (exact) mass is 258 g/mol. The van der Waals surface area contributed by atoms with Gasteiger partial charge < -0.3 is 5.11 Å². The number of carboxylic acid groups (broad SMARTS) is 1. The molecule has 2 aromatic rings. The van der Waals surface area contributed by atoms with Crippen LogP contribution in [0.2, 0.25) is 0 Å². The molecule has 0 bridgehead atoms. The minimum Gasteiger partial charge on any atom is -0.478 e. The Hall–Kier alpha value is -2.46. The molecule has 0 radical (unpaired) electrons. The molecule has 88 valence electrons. The van der Waals surface area contributed by atoms with E-state index in [-0.39, 0.29) is 5.56 Å². The van der Waals surface area contributed by atoms with Crippen LogP contribution < -0.4 is 0 Å². The predicted octanol–water partition coefficient (Wildman–Crippen LogP) is 1.59. The van der Waals surface area contributed by atoms with E-state index < -0.39 is 5.97 Å². The number of hydrogen-bond donors (Lipinski definition) is 1. The number of rotatable bonds is 3. The molecule has 0 spiro atoms. The number of aromatic nitrogens is 3. The molecule has 0 aromatic carbocycles. The molecule has 1 N–H and O–H groups in total. The molecular weight excluding hydrogens is 252 g/mol. The molecule has 7 heteroatoms. The lowest BCUT2D eigenvalue weighted by molar-refractivity contribution is 0.0696. The topological polar surface area (TPSA) is 99.8 Å². The lowest BCUT2D eigenvalue weighted by Gasteiger charge is -2.01. The van der Waals surface area contributed by atoms with Crippen molar-refractivity contribution in [3.8, 4) is 6.07 Å². The first-order valence-corrected chi connectivity index (χ1v) is 5.61. The maximum atomic E-state index is 10.7. The highest BCUT2D eigenvalue weighted by Gasteiger charge is 2.08. The quantitative estimate of drug-likeness (QED) is 0.892. The maximum absolute atomic E-state index is 10.7. The standard InChI is InChI=1S/C11H6N4O2S/c12-5-7-3-4-14-15-10(7)18-9-2-1-8(6-13-9)11(16)17/h1-4,6H,(H,16,17). The van der Waals surface area contributed by atoms with Gasteiger partial charge in [-0.25, -0.2) is 9.78 Å². The van der Waals surface area contributed by atoms with E-state index >= 15 is 0 Å². The van der Waals surface area contributed by atoms with Crippen molar-refractivity contribution in [1.29, 1.82) is 5.26 Å². The first-order chi connectivity index (χ1) is 8.70. The largest absolute Gasteiger partial charge is 0.478 e. The van der Waals surface area contributed by atoms with Crippen molar-refractivity contribution in [2.45, 2.75) is 10.1 Å². The minimum atomic E-state index is -1.03. The zero-order chi connectivity index (χ0) is 13.0. The highest BCUT2D eigenvalue weighted by Crippen LogP contribution is 2.25. The molecule has 0 aliphatic rings. The second kappa shape index (κ2) is 5.25. The zero-order valence-corrected chi connectivity index (χ0v) is 9.76. The molecule has 2 heterocycles. The Bertz CT molecular complexity index is 622. The fourth-order valence-corrected chi connectivity index (χ4v) is 1.90. The fourth-order valence-electron chi connectivity index (χ4n) is 1.15. The van der Waals surface area contributed by atoms with Crippen LogP contribution in [-0.2, 0) is 0 Å². The Labute approximate surface area is 106 Å². The van der Waals surface area contributed by atoms with Crippen molar-refractivity contribution in [3.05, 3.63) is 41.7 Å². The van der Waals surface area contributed by atoms with Crippen LogP contribution >= 0.6 is 11.8 Å². The van der Waals surface area contributed by atoms with Crippen LogP contribution in [0.4, 0.5) is 0 Å². The van der Waals surface area contributed by atoms with E-state index in [1.165, 1.54) is 18.5 Å². The van der Waals surface area contributed by atoms with E-state index in [1.807, 2.05) is 6.07 Å². The van der Waals surface area contributed by atoms with Gasteiger partial charge in [0.15, 0.2) is 0 Å². The summed E-state index contributed by atoms with van der Waals surface area (Å²) in [7, 11) is 0. The van der Waals surface area contributed by atoms with E-state index in [4.69, 9.17) is 10.4 Å². The molecule has 0 saturated heterocycles. The number of aromatic carboxylic acids is 1. The first kappa shape index (κ1) is 12.0. The molecule has 6 nitrogen and oxygen atoms in total. The molecule has 2 aromatic heterocycles. The van der Waals surface area contributed by atoms with E-state index in [0.29, 0.717) is 15.6 Å². The lowest BCUT2D eigenvalue weighted by atomic mass is 10.3. The number of nitriles is 1. The van der Waals surface area contributed by atoms with Crippen LogP contribution in [0, 0.1) is 11.3 Å². The Balaban J connectivity index is 2.24. The molecule has 0 amide bonds. The second-order valence-electron chi connectivity index (χ2n) is 3.15. The SMILES string of the molecule is N#Cc1ccnnc1Sc1ccc(C(=O)O)cn1. The third kappa shape index (κ3) is 2.61. The van der Waals surface area contributed by atoms with Gasteiger partial charge in [-0.05, 0) is 30.0 Å². The van der Waals surface area contributed by atoms with Crippen LogP contribution in [0.25, 0.3) is 0 Å². The van der Waals surface area contributed by atoms with Crippen LogP contribution in [0.15, 0.2) is 40.6 Å². The predicted molar refractivity (Wildman–Crippen MR) is 62.1 cm³/mol. The van der Waals surface area contributed by atoms with Crippen LogP contribution in [0.3, 0.4) is 0 Å². The van der Waals surface area contributed by atoms with Crippen molar-refractivity contribution < 1.29 is 9.90 Å². The molecule has 0 saturated carbocycles. The van der Waals surface area contributed by atoms with Crippen molar-refractivity contribution >= 4 is 17.7 Å². The summed E-state index contributed by atoms with van der Waals surface area (Å²) in [5, 5.41) is 26.1. The number of carbonyl (C=O) groups is 1. The summed E-state index contributed by atoms with van der Waals surface area (Å²) < 4.78 is 0. The van der Waals surface area contributed by atoms with E-state index in [0.717, 1.165) is 11.8 Å². The summed E-state index contributed by atoms with van der Waals surface area (Å²) >= 11 is 1.16. The summed E-state index contributed by atoms with van der Waals surface area (Å²) in [5.41, 5.74) is 0.512. The third-order valence-electron chi connectivity index (χ3n) is 1.99. The number of carboxylic acids is 1. The molecule has 0 fully saturated rings. The minimum absolute atomic E-state index is 0.110. The number of pyridine rings is 1. The van der Waals surface area contributed by atoms with E-state index in [9.17, 15) is 4.79 Å². The normalized spacial score (nSPS) is 9.72. The fraction of sp³-hybridized carbons (Fsp3) is 0. The van der Waals surface area contributed by atoms with Crippen LogP contribution in [0.1, 0.15) is 15.9 Å². The summed E-state index contributed by atoms with van der Waals surface area (Å²) in [6, 6.07) is 6.56. The third-order valence-corrected chi connectivity index (χ3v) is 2.94. The highest BCUT2D eigenvalue weighted by molar-refractivity contribution is 7.99. The van der Waals surface area contributed by atoms with Gasteiger partial charge in [0, 0.05) is 6.20 Å². The van der Waals surface area contributed by atoms with Gasteiger partial charge in [0.25, 0.3) is 0 Å². The summed E-state index contributed by atoms with van der Waals surface area (Å²) in [6.45, 7) is 0. The molecule has 0 aliphatic carbocycles. The molecule has 0 atom stereocenters. The molecule has 18 heavy (non-hydrogen) atoms. The average Bonchev–Trinajstić information content (AvgIpc) is 2.40. The molecule has 0 aliphatic heterocycles. The first-order valence-electron chi connectivity index (χ1n) is 4.79. The van der Waals surface area contributed by atoms with Gasteiger partial charge in [0.2, 0.25) is 0 Å². The Morgan fingerprint density at radius 1 is 1.39 bits per heavy atom. The van der Waals surface area contributed by atoms with Gasteiger partial charge in [-0.15, -0.1) is 5.10 Å². The average molecular weight is 258 g/mol. The van der Waals surface area contributed by atoms with Crippen molar-refractivity contribution in [3.63, 3.8) is 0 Å². The Morgan fingerprint density at radius 2 is 2.22 bits per heavy atom. The smallest absolute Gasteiger partial charge is 0.337 e. The van der Waals surface area contributed by atoms with E-state index in [2.05, 4.69) is 15.2 Å². The van der Waals surface area contributed by atoms with Crippen molar-refractivity contribution in [2.75, 3.05) is 0 Å². The van der Waals surface area contributed by atoms with Crippen molar-refractivity contribution in [2.24, 2.45) is 0 Å². The molecule has 0 unspecified atom stereocenters. The van der Waals surface area contributed by atoms with Gasteiger partial charge in [-0.3, -0.25) is 0 Å². The summed E-state index contributed by atoms with van der Waals surface area (Å²) in [6.07, 6.45) is 2.69. The lowest BCUT2D eigenvalue weighted by Crippen LogP contribution is -1.97. The Kier molecular flexibility index (Phi) is 3.50. The van der Waals surface area contributed by atoms with E-state index in [1.54, 1.807) is 12.1 Å².